The van der Waals surface area contributed by atoms with E-state index < -0.39 is 0 Å². The number of hydrogen-bond donors (Lipinski definition) is 1. The molecule has 0 bridgehead atoms. The van der Waals surface area contributed by atoms with Crippen LogP contribution in [-0.2, 0) is 0 Å². The predicted molar refractivity (Wildman–Crippen MR) is 40.7 cm³/mol. The molecule has 1 N–H and O–H groups in total. The summed E-state index contributed by atoms with van der Waals surface area (Å²) in [6.45, 7) is 2.27. The van der Waals surface area contributed by atoms with Crippen molar-refractivity contribution in [2.45, 2.75) is 45.1 Å². The van der Waals surface area contributed by atoms with Crippen LogP contribution < -0.4 is 0 Å². The molecule has 1 heteroatoms. The molecule has 0 heterocycles. The highest BCUT2D eigenvalue weighted by atomic mass is 16.3. The minimum Gasteiger partial charge on any atom is -0.393 e. The van der Waals surface area contributed by atoms with E-state index in [0.717, 1.165) is 12.3 Å². The van der Waals surface area contributed by atoms with Crippen LogP contribution in [-0.4, -0.2) is 11.2 Å². The molecule has 0 aliphatic heterocycles. The summed E-state index contributed by atoms with van der Waals surface area (Å²) in [7, 11) is 0. The van der Waals surface area contributed by atoms with Gasteiger partial charge in [0.1, 0.15) is 0 Å². The van der Waals surface area contributed by atoms with E-state index in [0.29, 0.717) is 5.41 Å². The maximum Gasteiger partial charge on any atom is 0.0599 e. The van der Waals surface area contributed by atoms with Crippen molar-refractivity contribution in [3.8, 4) is 0 Å². The van der Waals surface area contributed by atoms with Crippen molar-refractivity contribution in [3.63, 3.8) is 0 Å². The average Bonchev–Trinajstić information content (AvgIpc) is 2.53. The second kappa shape index (κ2) is 1.97. The first kappa shape index (κ1) is 6.66. The van der Waals surface area contributed by atoms with Crippen LogP contribution in [0, 0.1) is 11.3 Å². The Kier molecular flexibility index (Phi) is 1.31. The molecule has 0 aromatic heterocycles. The molecule has 2 saturated carbocycles. The average molecular weight is 140 g/mol. The van der Waals surface area contributed by atoms with Crippen LogP contribution in [0.5, 0.6) is 0 Å². The van der Waals surface area contributed by atoms with Crippen molar-refractivity contribution < 1.29 is 5.11 Å². The number of aliphatic hydroxyl groups is 1. The zero-order valence-electron chi connectivity index (χ0n) is 6.64. The molecule has 3 atom stereocenters. The third kappa shape index (κ3) is 0.731. The lowest BCUT2D eigenvalue weighted by atomic mass is 9.82. The van der Waals surface area contributed by atoms with Crippen molar-refractivity contribution in [3.05, 3.63) is 0 Å². The molecular weight excluding hydrogens is 124 g/mol. The Balaban J connectivity index is 2.06. The molecule has 2 aliphatic rings. The zero-order valence-corrected chi connectivity index (χ0v) is 6.64. The highest BCUT2D eigenvalue weighted by molar-refractivity contribution is 5.05. The van der Waals surface area contributed by atoms with Crippen molar-refractivity contribution in [1.29, 1.82) is 0 Å². The van der Waals surface area contributed by atoms with Crippen molar-refractivity contribution in [1.82, 2.24) is 0 Å². The number of rotatable bonds is 0. The van der Waals surface area contributed by atoms with E-state index in [2.05, 4.69) is 6.92 Å². The molecular formula is C9H16O. The molecule has 0 amide bonds. The van der Waals surface area contributed by atoms with E-state index in [-0.39, 0.29) is 6.10 Å². The van der Waals surface area contributed by atoms with Gasteiger partial charge in [0.2, 0.25) is 0 Å². The first-order valence-corrected chi connectivity index (χ1v) is 4.44. The Morgan fingerprint density at radius 3 is 2.50 bits per heavy atom. The molecule has 2 aliphatic carbocycles. The molecule has 0 aromatic carbocycles. The normalized spacial score (nSPS) is 53.4. The van der Waals surface area contributed by atoms with E-state index in [1.807, 2.05) is 0 Å². The van der Waals surface area contributed by atoms with Crippen molar-refractivity contribution >= 4 is 0 Å². The van der Waals surface area contributed by atoms with Gasteiger partial charge in [0.15, 0.2) is 0 Å². The molecule has 0 aromatic rings. The summed E-state index contributed by atoms with van der Waals surface area (Å²) in [6.07, 6.45) is 6.27. The lowest BCUT2D eigenvalue weighted by molar-refractivity contribution is 0.0462. The number of hydrogen-bond acceptors (Lipinski definition) is 1. The summed E-state index contributed by atoms with van der Waals surface area (Å²) in [5.74, 6) is 0.808. The number of aliphatic hydroxyl groups excluding tert-OH is 1. The first-order valence-electron chi connectivity index (χ1n) is 4.44. The Morgan fingerprint density at radius 2 is 2.10 bits per heavy atom. The fraction of sp³-hybridized carbons (Fsp3) is 1.00. The van der Waals surface area contributed by atoms with Crippen molar-refractivity contribution in [2.75, 3.05) is 0 Å². The maximum absolute atomic E-state index is 9.67. The second-order valence-electron chi connectivity index (χ2n) is 4.10. The molecule has 2 fully saturated rings. The van der Waals surface area contributed by atoms with Crippen molar-refractivity contribution in [2.24, 2.45) is 11.3 Å². The van der Waals surface area contributed by atoms with E-state index in [4.69, 9.17) is 0 Å². The van der Waals surface area contributed by atoms with Gasteiger partial charge in [-0.2, -0.15) is 0 Å². The predicted octanol–water partition coefficient (Wildman–Crippen LogP) is 1.95. The quantitative estimate of drug-likeness (QED) is 0.545. The lowest BCUT2D eigenvalue weighted by Gasteiger charge is -2.28. The van der Waals surface area contributed by atoms with Crippen LogP contribution in [0.2, 0.25) is 0 Å². The van der Waals surface area contributed by atoms with Crippen LogP contribution in [0.1, 0.15) is 39.0 Å². The summed E-state index contributed by atoms with van der Waals surface area (Å²) >= 11 is 0. The summed E-state index contributed by atoms with van der Waals surface area (Å²) in [5.41, 5.74) is 0.401. The molecule has 58 valence electrons. The molecule has 1 spiro atoms. The van der Waals surface area contributed by atoms with Gasteiger partial charge < -0.3 is 5.11 Å². The van der Waals surface area contributed by atoms with E-state index in [1.54, 1.807) is 0 Å². The minimum atomic E-state index is 0.0382. The monoisotopic (exact) mass is 140 g/mol. The molecule has 0 radical (unpaired) electrons. The van der Waals surface area contributed by atoms with Gasteiger partial charge in [-0.25, -0.2) is 0 Å². The highest BCUT2D eigenvalue weighted by Crippen LogP contribution is 2.60. The van der Waals surface area contributed by atoms with Gasteiger partial charge in [-0.15, -0.1) is 0 Å². The first-order chi connectivity index (χ1) is 4.76. The Morgan fingerprint density at radius 1 is 1.40 bits per heavy atom. The Bertz CT molecular complexity index is 144. The Labute approximate surface area is 62.4 Å². The van der Waals surface area contributed by atoms with Gasteiger partial charge in [0.25, 0.3) is 0 Å². The molecule has 2 rings (SSSR count). The largest absolute Gasteiger partial charge is 0.393 e. The van der Waals surface area contributed by atoms with Crippen LogP contribution in [0.4, 0.5) is 0 Å². The van der Waals surface area contributed by atoms with Gasteiger partial charge >= 0.3 is 0 Å². The lowest BCUT2D eigenvalue weighted by Crippen LogP contribution is -2.27. The highest BCUT2D eigenvalue weighted by Gasteiger charge is 2.56. The molecule has 1 unspecified atom stereocenters. The zero-order chi connectivity index (χ0) is 7.19. The summed E-state index contributed by atoms with van der Waals surface area (Å²) in [6, 6.07) is 0. The Hall–Kier alpha value is -0.0400. The topological polar surface area (TPSA) is 20.2 Å². The van der Waals surface area contributed by atoms with Gasteiger partial charge in [-0.05, 0) is 30.6 Å². The van der Waals surface area contributed by atoms with Crippen LogP contribution in [0.15, 0.2) is 0 Å². The minimum absolute atomic E-state index is 0.0382. The maximum atomic E-state index is 9.67. The summed E-state index contributed by atoms with van der Waals surface area (Å²) in [5, 5.41) is 9.67. The molecule has 1 nitrogen and oxygen atoms in total. The SMILES string of the molecule is CC1C[C@]12CCCC[C@H]2O. The second-order valence-corrected chi connectivity index (χ2v) is 4.10. The van der Waals surface area contributed by atoms with Crippen LogP contribution >= 0.6 is 0 Å². The van der Waals surface area contributed by atoms with Crippen LogP contribution in [0.25, 0.3) is 0 Å². The van der Waals surface area contributed by atoms with E-state index >= 15 is 0 Å². The van der Waals surface area contributed by atoms with E-state index in [1.165, 1.54) is 25.7 Å². The third-order valence-electron chi connectivity index (χ3n) is 3.54. The van der Waals surface area contributed by atoms with Gasteiger partial charge in [-0.1, -0.05) is 19.8 Å². The van der Waals surface area contributed by atoms with Gasteiger partial charge in [0.05, 0.1) is 6.10 Å². The van der Waals surface area contributed by atoms with Gasteiger partial charge in [-0.3, -0.25) is 0 Å². The van der Waals surface area contributed by atoms with Gasteiger partial charge in [0, 0.05) is 0 Å². The third-order valence-corrected chi connectivity index (χ3v) is 3.54. The standard InChI is InChI=1S/C9H16O/c1-7-6-9(7)5-3-2-4-8(9)10/h7-8,10H,2-6H2,1H3/t7?,8-,9-/m1/s1. The van der Waals surface area contributed by atoms with Crippen LogP contribution in [0.3, 0.4) is 0 Å². The van der Waals surface area contributed by atoms with E-state index in [9.17, 15) is 5.11 Å². The fourth-order valence-electron chi connectivity index (χ4n) is 2.57. The molecule has 0 saturated heterocycles. The summed E-state index contributed by atoms with van der Waals surface area (Å²) in [4.78, 5) is 0. The smallest absolute Gasteiger partial charge is 0.0599 e. The summed E-state index contributed by atoms with van der Waals surface area (Å²) < 4.78 is 0. The fourth-order valence-corrected chi connectivity index (χ4v) is 2.57. The molecule has 10 heavy (non-hydrogen) atoms.